The maximum atomic E-state index is 10.5. The number of unbranched alkanes of at least 4 members (excludes halogenated alkanes) is 1. The largest absolute Gasteiger partial charge is 0.461 e. The predicted molar refractivity (Wildman–Crippen MR) is 58.1 cm³/mol. The molecule has 0 rings (SSSR count). The quantitative estimate of drug-likeness (QED) is 0.365. The summed E-state index contributed by atoms with van der Waals surface area (Å²) < 4.78 is 4.79. The molecule has 0 saturated carbocycles. The van der Waals surface area contributed by atoms with Gasteiger partial charge in [0.2, 0.25) is 0 Å². The van der Waals surface area contributed by atoms with Crippen molar-refractivity contribution in [2.75, 3.05) is 19.7 Å². The molecule has 0 bridgehead atoms. The van der Waals surface area contributed by atoms with E-state index in [1.165, 1.54) is 6.92 Å². The van der Waals surface area contributed by atoms with Gasteiger partial charge in [-0.2, -0.15) is 0 Å². The lowest BCUT2D eigenvalue weighted by Gasteiger charge is -2.06. The average molecular weight is 197 g/mol. The van der Waals surface area contributed by atoms with Gasteiger partial charge in [-0.15, -0.1) is 6.58 Å². The zero-order valence-electron chi connectivity index (χ0n) is 8.84. The van der Waals surface area contributed by atoms with Gasteiger partial charge in [0.25, 0.3) is 0 Å². The molecule has 80 valence electrons. The number of ether oxygens (including phenoxy) is 1. The Bertz CT molecular complexity index is 199. The lowest BCUT2D eigenvalue weighted by Crippen LogP contribution is -2.20. The van der Waals surface area contributed by atoms with E-state index in [0.29, 0.717) is 13.2 Å². The molecule has 0 aromatic heterocycles. The van der Waals surface area contributed by atoms with E-state index in [-0.39, 0.29) is 5.97 Å². The molecular formula is C11H19NO2. The van der Waals surface area contributed by atoms with Crippen LogP contribution in [0.4, 0.5) is 0 Å². The van der Waals surface area contributed by atoms with Gasteiger partial charge in [-0.05, 0) is 25.0 Å². The molecule has 0 aliphatic rings. The molecule has 14 heavy (non-hydrogen) atoms. The zero-order chi connectivity index (χ0) is 10.8. The van der Waals surface area contributed by atoms with Gasteiger partial charge in [-0.3, -0.25) is 4.79 Å². The van der Waals surface area contributed by atoms with Crippen molar-refractivity contribution >= 4 is 5.97 Å². The minimum Gasteiger partial charge on any atom is -0.461 e. The van der Waals surface area contributed by atoms with Crippen LogP contribution in [0.3, 0.4) is 0 Å². The van der Waals surface area contributed by atoms with Crippen molar-refractivity contribution in [2.45, 2.75) is 19.8 Å². The van der Waals surface area contributed by atoms with Gasteiger partial charge < -0.3 is 10.1 Å². The van der Waals surface area contributed by atoms with Crippen LogP contribution in [0.15, 0.2) is 24.8 Å². The first-order valence-corrected chi connectivity index (χ1v) is 4.78. The summed E-state index contributed by atoms with van der Waals surface area (Å²) >= 11 is 0. The second-order valence-corrected chi connectivity index (χ2v) is 3.14. The van der Waals surface area contributed by atoms with Gasteiger partial charge in [0.05, 0.1) is 0 Å². The van der Waals surface area contributed by atoms with E-state index in [1.807, 2.05) is 6.08 Å². The molecule has 0 aliphatic heterocycles. The average Bonchev–Trinajstić information content (AvgIpc) is 2.14. The Morgan fingerprint density at radius 2 is 2.29 bits per heavy atom. The summed E-state index contributed by atoms with van der Waals surface area (Å²) in [6.07, 6.45) is 3.99. The third-order valence-corrected chi connectivity index (χ3v) is 1.62. The second-order valence-electron chi connectivity index (χ2n) is 3.14. The Kier molecular flexibility index (Phi) is 7.84. The van der Waals surface area contributed by atoms with Crippen molar-refractivity contribution in [3.8, 4) is 0 Å². The molecule has 0 unspecified atom stereocenters. The molecule has 0 aliphatic carbocycles. The third-order valence-electron chi connectivity index (χ3n) is 1.62. The van der Waals surface area contributed by atoms with Gasteiger partial charge >= 0.3 is 5.97 Å². The summed E-state index contributed by atoms with van der Waals surface area (Å²) in [6.45, 7) is 10.8. The number of nitrogens with one attached hydrogen (secondary N) is 1. The van der Waals surface area contributed by atoms with Crippen LogP contribution in [0, 0.1) is 0 Å². The fourth-order valence-electron chi connectivity index (χ4n) is 0.891. The Hall–Kier alpha value is -1.09. The van der Waals surface area contributed by atoms with E-state index < -0.39 is 0 Å². The van der Waals surface area contributed by atoms with Crippen LogP contribution in [0.2, 0.25) is 0 Å². The van der Waals surface area contributed by atoms with Gasteiger partial charge in [0, 0.05) is 13.5 Å². The van der Waals surface area contributed by atoms with Crippen LogP contribution < -0.4 is 5.32 Å². The van der Waals surface area contributed by atoms with Gasteiger partial charge in [-0.1, -0.05) is 12.7 Å². The van der Waals surface area contributed by atoms with Crippen LogP contribution in [0.25, 0.3) is 0 Å². The Balaban J connectivity index is 3.26. The predicted octanol–water partition coefficient (Wildman–Crippen LogP) is 1.66. The van der Waals surface area contributed by atoms with Crippen LogP contribution in [-0.4, -0.2) is 25.7 Å². The standard InChI is InChI=1S/C11H19NO2/c1-4-5-6-7-12-8-10(2)9-14-11(3)13/h4,12H,1-2,5-9H2,3H3. The molecule has 0 aromatic carbocycles. The molecule has 0 amide bonds. The zero-order valence-corrected chi connectivity index (χ0v) is 8.84. The molecule has 0 radical (unpaired) electrons. The normalized spacial score (nSPS) is 9.50. The van der Waals surface area contributed by atoms with E-state index in [0.717, 1.165) is 25.0 Å². The summed E-state index contributed by atoms with van der Waals surface area (Å²) in [4.78, 5) is 10.5. The summed E-state index contributed by atoms with van der Waals surface area (Å²) in [5.74, 6) is -0.266. The van der Waals surface area contributed by atoms with E-state index >= 15 is 0 Å². The fourth-order valence-corrected chi connectivity index (χ4v) is 0.891. The highest BCUT2D eigenvalue weighted by atomic mass is 16.5. The number of carbonyl (C=O) groups is 1. The van der Waals surface area contributed by atoms with Gasteiger partial charge in [0.15, 0.2) is 0 Å². The van der Waals surface area contributed by atoms with Crippen molar-refractivity contribution in [3.05, 3.63) is 24.8 Å². The first kappa shape index (κ1) is 12.9. The monoisotopic (exact) mass is 197 g/mol. The highest BCUT2D eigenvalue weighted by molar-refractivity contribution is 5.66. The van der Waals surface area contributed by atoms with Crippen molar-refractivity contribution in [3.63, 3.8) is 0 Å². The van der Waals surface area contributed by atoms with Crippen LogP contribution in [0.5, 0.6) is 0 Å². The SMILES string of the molecule is C=CCCCNCC(=C)COC(C)=O. The molecule has 0 aromatic rings. The van der Waals surface area contributed by atoms with E-state index in [4.69, 9.17) is 4.74 Å². The summed E-state index contributed by atoms with van der Waals surface area (Å²) in [5.41, 5.74) is 0.888. The lowest BCUT2D eigenvalue weighted by molar-refractivity contribution is -0.139. The first-order chi connectivity index (χ1) is 6.66. The fraction of sp³-hybridized carbons (Fsp3) is 0.545. The Morgan fingerprint density at radius 1 is 1.57 bits per heavy atom. The summed E-state index contributed by atoms with van der Waals surface area (Å²) in [5, 5.41) is 3.21. The first-order valence-electron chi connectivity index (χ1n) is 4.78. The maximum absolute atomic E-state index is 10.5. The van der Waals surface area contributed by atoms with Crippen molar-refractivity contribution in [1.29, 1.82) is 0 Å². The molecule has 1 N–H and O–H groups in total. The number of carbonyl (C=O) groups excluding carboxylic acids is 1. The van der Waals surface area contributed by atoms with Crippen molar-refractivity contribution < 1.29 is 9.53 Å². The molecule has 0 fully saturated rings. The summed E-state index contributed by atoms with van der Waals surface area (Å²) in [7, 11) is 0. The minimum atomic E-state index is -0.266. The number of allylic oxidation sites excluding steroid dienone is 1. The molecule has 3 nitrogen and oxygen atoms in total. The van der Waals surface area contributed by atoms with E-state index in [1.54, 1.807) is 0 Å². The Morgan fingerprint density at radius 3 is 2.86 bits per heavy atom. The number of esters is 1. The molecule has 0 heterocycles. The third kappa shape index (κ3) is 9.00. The topological polar surface area (TPSA) is 38.3 Å². The molecule has 0 saturated heterocycles. The number of hydrogen-bond donors (Lipinski definition) is 1. The summed E-state index contributed by atoms with van der Waals surface area (Å²) in [6, 6.07) is 0. The maximum Gasteiger partial charge on any atom is 0.302 e. The van der Waals surface area contributed by atoms with Crippen molar-refractivity contribution in [1.82, 2.24) is 5.32 Å². The lowest BCUT2D eigenvalue weighted by atomic mass is 10.3. The number of rotatable bonds is 8. The second kappa shape index (κ2) is 8.51. The van der Waals surface area contributed by atoms with Crippen LogP contribution in [0.1, 0.15) is 19.8 Å². The minimum absolute atomic E-state index is 0.266. The highest BCUT2D eigenvalue weighted by Crippen LogP contribution is 1.91. The van der Waals surface area contributed by atoms with Gasteiger partial charge in [-0.25, -0.2) is 0 Å². The molecule has 3 heteroatoms. The smallest absolute Gasteiger partial charge is 0.302 e. The number of hydrogen-bond acceptors (Lipinski definition) is 3. The molecule has 0 atom stereocenters. The molecular weight excluding hydrogens is 178 g/mol. The molecule has 0 spiro atoms. The van der Waals surface area contributed by atoms with Crippen molar-refractivity contribution in [2.24, 2.45) is 0 Å². The van der Waals surface area contributed by atoms with E-state index in [2.05, 4.69) is 18.5 Å². The highest BCUT2D eigenvalue weighted by Gasteiger charge is 1.96. The van der Waals surface area contributed by atoms with Crippen LogP contribution >= 0.6 is 0 Å². The van der Waals surface area contributed by atoms with Crippen LogP contribution in [-0.2, 0) is 9.53 Å². The van der Waals surface area contributed by atoms with Gasteiger partial charge in [0.1, 0.15) is 6.61 Å². The Labute approximate surface area is 85.8 Å². The van der Waals surface area contributed by atoms with E-state index in [9.17, 15) is 4.79 Å².